The van der Waals surface area contributed by atoms with Gasteiger partial charge < -0.3 is 15.3 Å². The number of halogens is 1. The fourth-order valence-electron chi connectivity index (χ4n) is 3.97. The summed E-state index contributed by atoms with van der Waals surface area (Å²) in [4.78, 5) is 17.3. The van der Waals surface area contributed by atoms with Crippen molar-refractivity contribution in [3.05, 3.63) is 64.7 Å². The zero-order valence-corrected chi connectivity index (χ0v) is 17.9. The Morgan fingerprint density at radius 1 is 1.17 bits per heavy atom. The van der Waals surface area contributed by atoms with Gasteiger partial charge in [0.2, 0.25) is 5.91 Å². The fourth-order valence-corrected chi connectivity index (χ4v) is 4.09. The Labute approximate surface area is 178 Å². The molecule has 0 unspecified atom stereocenters. The van der Waals surface area contributed by atoms with Crippen LogP contribution in [0.25, 0.3) is 0 Å². The highest BCUT2D eigenvalue weighted by molar-refractivity contribution is 6.30. The molecule has 1 heterocycles. The fraction of sp³-hybridized carbons (Fsp3) is 0.435. The van der Waals surface area contributed by atoms with E-state index in [4.69, 9.17) is 11.6 Å². The lowest BCUT2D eigenvalue weighted by Gasteiger charge is -2.28. The lowest BCUT2D eigenvalue weighted by atomic mass is 10.1. The van der Waals surface area contributed by atoms with Crippen LogP contribution in [-0.2, 0) is 17.9 Å². The molecular formula is C23H30ClN3O2. The minimum atomic E-state index is -0.146. The van der Waals surface area contributed by atoms with Crippen molar-refractivity contribution in [2.75, 3.05) is 19.6 Å². The van der Waals surface area contributed by atoms with Crippen LogP contribution in [-0.4, -0.2) is 52.5 Å². The van der Waals surface area contributed by atoms with Gasteiger partial charge in [-0.25, -0.2) is 0 Å². The van der Waals surface area contributed by atoms with Gasteiger partial charge in [0.15, 0.2) is 0 Å². The average Bonchev–Trinajstić information content (AvgIpc) is 3.12. The molecular weight excluding hydrogens is 386 g/mol. The molecule has 156 valence electrons. The molecule has 3 rings (SSSR count). The number of likely N-dealkylation sites (tertiary alicyclic amines) is 1. The molecule has 0 aromatic heterocycles. The van der Waals surface area contributed by atoms with Gasteiger partial charge in [-0.2, -0.15) is 0 Å². The third-order valence-corrected chi connectivity index (χ3v) is 5.89. The van der Waals surface area contributed by atoms with Crippen LogP contribution in [0.15, 0.2) is 48.5 Å². The molecule has 1 aliphatic heterocycles. The van der Waals surface area contributed by atoms with Crippen molar-refractivity contribution in [3.63, 3.8) is 0 Å². The number of aromatic hydroxyl groups is 1. The normalized spacial score (nSPS) is 19.4. The van der Waals surface area contributed by atoms with Gasteiger partial charge in [-0.15, -0.1) is 0 Å². The number of phenols is 1. The van der Waals surface area contributed by atoms with Crippen LogP contribution in [0.4, 0.5) is 0 Å². The summed E-state index contributed by atoms with van der Waals surface area (Å²) < 4.78 is 0. The summed E-state index contributed by atoms with van der Waals surface area (Å²) in [6, 6.07) is 15.2. The van der Waals surface area contributed by atoms with Crippen molar-refractivity contribution in [2.24, 2.45) is 0 Å². The van der Waals surface area contributed by atoms with Crippen LogP contribution in [0.1, 0.15) is 31.4 Å². The minimum absolute atomic E-state index is 0.146. The molecule has 6 heteroatoms. The third kappa shape index (κ3) is 5.50. The summed E-state index contributed by atoms with van der Waals surface area (Å²) in [6.07, 6.45) is 0.760. The molecule has 1 fully saturated rings. The Hall–Kier alpha value is -2.08. The number of hydrogen-bond donors (Lipinski definition) is 2. The van der Waals surface area contributed by atoms with Crippen LogP contribution in [0, 0.1) is 0 Å². The second-order valence-corrected chi connectivity index (χ2v) is 7.96. The first-order valence-electron chi connectivity index (χ1n) is 10.3. The van der Waals surface area contributed by atoms with Crippen molar-refractivity contribution in [1.29, 1.82) is 0 Å². The standard InChI is InChI=1S/C23H30ClN3O2/c1-3-26(4-2)23(29)21-13-20(25-14-18-7-5-6-8-22(18)28)16-27(21)15-17-9-11-19(24)12-10-17/h5-12,20-21,25,28H,3-4,13-16H2,1-2H3/t20-,21-/m0/s1. The van der Waals surface area contributed by atoms with Crippen LogP contribution in [0.5, 0.6) is 5.75 Å². The number of amides is 1. The predicted molar refractivity (Wildman–Crippen MR) is 117 cm³/mol. The molecule has 1 saturated heterocycles. The van der Waals surface area contributed by atoms with Crippen molar-refractivity contribution < 1.29 is 9.90 Å². The number of carbonyl (C=O) groups is 1. The summed E-state index contributed by atoms with van der Waals surface area (Å²) in [5.41, 5.74) is 2.02. The molecule has 5 nitrogen and oxygen atoms in total. The SMILES string of the molecule is CCN(CC)C(=O)[C@@H]1C[C@H](NCc2ccccc2O)CN1Cc1ccc(Cl)cc1. The van der Waals surface area contributed by atoms with E-state index in [0.717, 1.165) is 37.2 Å². The molecule has 0 radical (unpaired) electrons. The van der Waals surface area contributed by atoms with Gasteiger partial charge in [-0.3, -0.25) is 9.69 Å². The van der Waals surface area contributed by atoms with Gasteiger partial charge in [-0.1, -0.05) is 41.9 Å². The van der Waals surface area contributed by atoms with Crippen molar-refractivity contribution in [3.8, 4) is 5.75 Å². The number of phenolic OH excluding ortho intramolecular Hbond substituents is 1. The molecule has 1 amide bonds. The molecule has 2 aromatic rings. The number of hydrogen-bond acceptors (Lipinski definition) is 4. The molecule has 2 aromatic carbocycles. The Kier molecular flexibility index (Phi) is 7.53. The van der Waals surface area contributed by atoms with E-state index >= 15 is 0 Å². The van der Waals surface area contributed by atoms with Gasteiger partial charge in [0, 0.05) is 49.4 Å². The molecule has 0 spiro atoms. The number of carbonyl (C=O) groups excluding carboxylic acids is 1. The van der Waals surface area contributed by atoms with E-state index in [1.54, 1.807) is 6.07 Å². The van der Waals surface area contributed by atoms with Crippen molar-refractivity contribution in [1.82, 2.24) is 15.1 Å². The largest absolute Gasteiger partial charge is 0.508 e. The molecule has 29 heavy (non-hydrogen) atoms. The van der Waals surface area contributed by atoms with Gasteiger partial charge in [0.1, 0.15) is 5.75 Å². The highest BCUT2D eigenvalue weighted by Crippen LogP contribution is 2.24. The second-order valence-electron chi connectivity index (χ2n) is 7.52. The van der Waals surface area contributed by atoms with Crippen LogP contribution in [0.3, 0.4) is 0 Å². The van der Waals surface area contributed by atoms with Crippen molar-refractivity contribution >= 4 is 17.5 Å². The lowest BCUT2D eigenvalue weighted by molar-refractivity contribution is -0.135. The van der Waals surface area contributed by atoms with E-state index in [0.29, 0.717) is 23.9 Å². The summed E-state index contributed by atoms with van der Waals surface area (Å²) in [5.74, 6) is 0.489. The third-order valence-electron chi connectivity index (χ3n) is 5.64. The first-order chi connectivity index (χ1) is 14.0. The molecule has 2 atom stereocenters. The van der Waals surface area contributed by atoms with E-state index in [2.05, 4.69) is 10.2 Å². The van der Waals surface area contributed by atoms with Crippen LogP contribution in [0.2, 0.25) is 5.02 Å². The first-order valence-corrected chi connectivity index (χ1v) is 10.7. The van der Waals surface area contributed by atoms with Crippen LogP contribution >= 0.6 is 11.6 Å². The zero-order valence-electron chi connectivity index (χ0n) is 17.1. The maximum atomic E-state index is 13.1. The Morgan fingerprint density at radius 2 is 1.86 bits per heavy atom. The number of likely N-dealkylation sites (N-methyl/N-ethyl adjacent to an activating group) is 1. The van der Waals surface area contributed by atoms with Gasteiger partial charge in [0.05, 0.1) is 6.04 Å². The quantitative estimate of drug-likeness (QED) is 0.691. The zero-order chi connectivity index (χ0) is 20.8. The second kappa shape index (κ2) is 10.1. The number of benzene rings is 2. The maximum absolute atomic E-state index is 13.1. The van der Waals surface area contributed by atoms with Crippen LogP contribution < -0.4 is 5.32 Å². The summed E-state index contributed by atoms with van der Waals surface area (Å²) in [5, 5.41) is 14.3. The Morgan fingerprint density at radius 3 is 2.52 bits per heavy atom. The Bertz CT molecular complexity index is 808. The smallest absolute Gasteiger partial charge is 0.239 e. The van der Waals surface area contributed by atoms with E-state index in [9.17, 15) is 9.90 Å². The molecule has 0 aliphatic carbocycles. The highest BCUT2D eigenvalue weighted by atomic mass is 35.5. The molecule has 0 saturated carbocycles. The van der Waals surface area contributed by atoms with E-state index in [1.807, 2.05) is 61.2 Å². The molecule has 0 bridgehead atoms. The number of para-hydroxylation sites is 1. The number of nitrogens with one attached hydrogen (secondary N) is 1. The minimum Gasteiger partial charge on any atom is -0.508 e. The topological polar surface area (TPSA) is 55.8 Å². The summed E-state index contributed by atoms with van der Waals surface area (Å²) >= 11 is 6.02. The predicted octanol–water partition coefficient (Wildman–Crippen LogP) is 3.65. The summed E-state index contributed by atoms with van der Waals surface area (Å²) in [6.45, 7) is 7.56. The van der Waals surface area contributed by atoms with Gasteiger partial charge in [0.25, 0.3) is 0 Å². The lowest BCUT2D eigenvalue weighted by Crippen LogP contribution is -2.45. The monoisotopic (exact) mass is 415 g/mol. The maximum Gasteiger partial charge on any atom is 0.239 e. The van der Waals surface area contributed by atoms with Gasteiger partial charge >= 0.3 is 0 Å². The molecule has 2 N–H and O–H groups in total. The molecule has 1 aliphatic rings. The Balaban J connectivity index is 1.71. The first kappa shape index (κ1) is 21.6. The summed E-state index contributed by atoms with van der Waals surface area (Å²) in [7, 11) is 0. The number of rotatable bonds is 8. The van der Waals surface area contributed by atoms with Crippen molar-refractivity contribution in [2.45, 2.75) is 45.4 Å². The highest BCUT2D eigenvalue weighted by Gasteiger charge is 2.38. The van der Waals surface area contributed by atoms with Gasteiger partial charge in [-0.05, 0) is 44.0 Å². The van der Waals surface area contributed by atoms with E-state index < -0.39 is 0 Å². The average molecular weight is 416 g/mol. The van der Waals surface area contributed by atoms with E-state index in [-0.39, 0.29) is 18.0 Å². The van der Waals surface area contributed by atoms with E-state index in [1.165, 1.54) is 0 Å². The number of nitrogens with zero attached hydrogens (tertiary/aromatic N) is 2.